The molecule has 7 nitrogen and oxygen atoms in total. The van der Waals surface area contributed by atoms with E-state index in [1.54, 1.807) is 28.8 Å². The Hall–Kier alpha value is -2.26. The maximum atomic E-state index is 12.4. The molecule has 0 spiro atoms. The third kappa shape index (κ3) is 4.35. The van der Waals surface area contributed by atoms with E-state index in [-0.39, 0.29) is 11.5 Å². The van der Waals surface area contributed by atoms with Gasteiger partial charge in [0.1, 0.15) is 6.04 Å². The van der Waals surface area contributed by atoms with Gasteiger partial charge in [0.05, 0.1) is 12.8 Å². The Labute approximate surface area is 177 Å². The number of carbonyl (C=O) groups excluding carboxylic acids is 1. The minimum Gasteiger partial charge on any atom is -0.468 e. The molecule has 0 aliphatic carbocycles. The summed E-state index contributed by atoms with van der Waals surface area (Å²) < 4.78 is 6.60. The topological polar surface area (TPSA) is 67.2 Å². The van der Waals surface area contributed by atoms with Crippen LogP contribution in [-0.4, -0.2) is 58.4 Å². The molecule has 0 saturated carbocycles. The molecule has 1 unspecified atom stereocenters. The van der Waals surface area contributed by atoms with E-state index < -0.39 is 6.04 Å². The molecule has 1 saturated heterocycles. The first kappa shape index (κ1) is 20.0. The number of thiazole rings is 1. The number of ether oxygens (including phenoxy) is 1. The second kappa shape index (κ2) is 8.62. The smallest absolute Gasteiger partial charge is 0.327 e. The van der Waals surface area contributed by atoms with E-state index in [4.69, 9.17) is 16.3 Å². The summed E-state index contributed by atoms with van der Waals surface area (Å²) in [4.78, 5) is 34.3. The lowest BCUT2D eigenvalue weighted by molar-refractivity contribution is -0.148. The quantitative estimate of drug-likeness (QED) is 0.577. The highest BCUT2D eigenvalue weighted by molar-refractivity contribution is 7.15. The average molecular weight is 433 g/mol. The molecule has 0 radical (unpaired) electrons. The zero-order chi connectivity index (χ0) is 20.4. The van der Waals surface area contributed by atoms with Gasteiger partial charge >= 0.3 is 5.97 Å². The first-order valence-corrected chi connectivity index (χ1v) is 10.6. The van der Waals surface area contributed by atoms with Gasteiger partial charge in [-0.3, -0.25) is 19.0 Å². The number of benzene rings is 1. The number of nitrogens with zero attached hydrogens (tertiary/aromatic N) is 4. The minimum absolute atomic E-state index is 0.0571. The van der Waals surface area contributed by atoms with Gasteiger partial charge in [-0.2, -0.15) is 0 Å². The third-order valence-electron chi connectivity index (χ3n) is 5.12. The van der Waals surface area contributed by atoms with Crippen LogP contribution in [0.25, 0.3) is 4.96 Å². The van der Waals surface area contributed by atoms with Crippen molar-refractivity contribution < 1.29 is 9.53 Å². The molecule has 152 valence electrons. The van der Waals surface area contributed by atoms with Gasteiger partial charge < -0.3 is 4.74 Å². The van der Waals surface area contributed by atoms with Crippen LogP contribution >= 0.6 is 22.9 Å². The molecule has 2 aromatic heterocycles. The summed E-state index contributed by atoms with van der Waals surface area (Å²) in [5, 5.41) is 2.49. The van der Waals surface area contributed by atoms with Crippen LogP contribution in [0.2, 0.25) is 5.02 Å². The second-order valence-electron chi connectivity index (χ2n) is 6.93. The Bertz CT molecular complexity index is 1060. The molecular weight excluding hydrogens is 412 g/mol. The number of hydrogen-bond acceptors (Lipinski definition) is 7. The van der Waals surface area contributed by atoms with Gasteiger partial charge in [0.15, 0.2) is 4.96 Å². The van der Waals surface area contributed by atoms with Crippen molar-refractivity contribution in [2.75, 3.05) is 33.3 Å². The summed E-state index contributed by atoms with van der Waals surface area (Å²) in [5.41, 5.74) is 1.58. The lowest BCUT2D eigenvalue weighted by Crippen LogP contribution is -2.49. The monoisotopic (exact) mass is 432 g/mol. The summed E-state index contributed by atoms with van der Waals surface area (Å²) in [6, 6.07) is 8.44. The molecule has 1 aliphatic rings. The summed E-state index contributed by atoms with van der Waals surface area (Å²) in [7, 11) is 1.41. The number of rotatable bonds is 5. The van der Waals surface area contributed by atoms with E-state index in [2.05, 4.69) is 14.8 Å². The molecule has 9 heteroatoms. The molecule has 3 aromatic rings. The normalized spacial score (nSPS) is 16.8. The number of fused-ring (bicyclic) bond motifs is 1. The van der Waals surface area contributed by atoms with E-state index >= 15 is 0 Å². The van der Waals surface area contributed by atoms with Crippen molar-refractivity contribution in [1.29, 1.82) is 0 Å². The first-order valence-electron chi connectivity index (χ1n) is 9.30. The Morgan fingerprint density at radius 3 is 2.66 bits per heavy atom. The van der Waals surface area contributed by atoms with Crippen molar-refractivity contribution >= 4 is 33.9 Å². The summed E-state index contributed by atoms with van der Waals surface area (Å²) in [6.07, 6.45) is 1.74. The van der Waals surface area contributed by atoms with Gasteiger partial charge in [-0.1, -0.05) is 23.7 Å². The van der Waals surface area contributed by atoms with Crippen molar-refractivity contribution in [3.63, 3.8) is 0 Å². The van der Waals surface area contributed by atoms with Gasteiger partial charge in [-0.25, -0.2) is 9.78 Å². The Morgan fingerprint density at radius 2 is 1.97 bits per heavy atom. The largest absolute Gasteiger partial charge is 0.468 e. The van der Waals surface area contributed by atoms with E-state index in [0.717, 1.165) is 24.3 Å². The molecule has 0 N–H and O–H groups in total. The molecular formula is C20H21ClN4O3S. The summed E-state index contributed by atoms with van der Waals surface area (Å²) >= 11 is 7.44. The summed E-state index contributed by atoms with van der Waals surface area (Å²) in [5.74, 6) is -0.279. The fourth-order valence-electron chi connectivity index (χ4n) is 3.63. The number of carbonyl (C=O) groups is 1. The van der Waals surface area contributed by atoms with Crippen LogP contribution in [0.1, 0.15) is 17.3 Å². The molecule has 1 fully saturated rings. The zero-order valence-corrected chi connectivity index (χ0v) is 17.5. The van der Waals surface area contributed by atoms with Crippen LogP contribution in [0.3, 0.4) is 0 Å². The standard InChI is InChI=1S/C20H21ClN4O3S/c1-28-19(27)18(14-2-4-15(21)5-3-14)24-8-6-23(7-9-24)13-16-12-17(26)25-10-11-29-20(25)22-16/h2-5,10-12,18H,6-9,13H2,1H3. The van der Waals surface area contributed by atoms with Crippen molar-refractivity contribution in [3.8, 4) is 0 Å². The number of halogens is 1. The maximum absolute atomic E-state index is 12.4. The number of aromatic nitrogens is 2. The minimum atomic E-state index is -0.454. The molecule has 4 rings (SSSR count). The average Bonchev–Trinajstić information content (AvgIpc) is 3.20. The molecule has 3 heterocycles. The van der Waals surface area contributed by atoms with Gasteiger partial charge in [0.25, 0.3) is 5.56 Å². The van der Waals surface area contributed by atoms with Gasteiger partial charge in [0.2, 0.25) is 0 Å². The van der Waals surface area contributed by atoms with Crippen LogP contribution in [-0.2, 0) is 16.1 Å². The molecule has 1 atom stereocenters. The fourth-order valence-corrected chi connectivity index (χ4v) is 4.49. The molecule has 1 aromatic carbocycles. The van der Waals surface area contributed by atoms with Crippen LogP contribution in [0.4, 0.5) is 0 Å². The van der Waals surface area contributed by atoms with E-state index in [0.29, 0.717) is 29.6 Å². The Morgan fingerprint density at radius 1 is 1.24 bits per heavy atom. The number of esters is 1. The maximum Gasteiger partial charge on any atom is 0.327 e. The predicted octanol–water partition coefficient (Wildman–Crippen LogP) is 2.44. The molecule has 0 amide bonds. The first-order chi connectivity index (χ1) is 14.0. The zero-order valence-electron chi connectivity index (χ0n) is 16.0. The number of piperazine rings is 1. The predicted molar refractivity (Wildman–Crippen MR) is 112 cm³/mol. The Kier molecular flexibility index (Phi) is 5.96. The lowest BCUT2D eigenvalue weighted by atomic mass is 10.0. The fraction of sp³-hybridized carbons (Fsp3) is 0.350. The second-order valence-corrected chi connectivity index (χ2v) is 8.24. The van der Waals surface area contributed by atoms with Gasteiger partial charge in [0, 0.05) is 55.4 Å². The Balaban J connectivity index is 1.44. The van der Waals surface area contributed by atoms with Crippen LogP contribution in [0, 0.1) is 0 Å². The highest BCUT2D eigenvalue weighted by Crippen LogP contribution is 2.25. The molecule has 0 bridgehead atoms. The lowest BCUT2D eigenvalue weighted by Gasteiger charge is -2.38. The van der Waals surface area contributed by atoms with Gasteiger partial charge in [-0.15, -0.1) is 11.3 Å². The van der Waals surface area contributed by atoms with E-state index in [1.165, 1.54) is 18.4 Å². The van der Waals surface area contributed by atoms with Crippen molar-refractivity contribution in [1.82, 2.24) is 19.2 Å². The van der Waals surface area contributed by atoms with Crippen molar-refractivity contribution in [2.24, 2.45) is 0 Å². The highest BCUT2D eigenvalue weighted by Gasteiger charge is 2.31. The molecule has 1 aliphatic heterocycles. The van der Waals surface area contributed by atoms with Crippen molar-refractivity contribution in [2.45, 2.75) is 12.6 Å². The van der Waals surface area contributed by atoms with Crippen LogP contribution in [0.15, 0.2) is 46.7 Å². The SMILES string of the molecule is COC(=O)C(c1ccc(Cl)cc1)N1CCN(Cc2cc(=O)n3ccsc3n2)CC1. The van der Waals surface area contributed by atoms with E-state index in [9.17, 15) is 9.59 Å². The summed E-state index contributed by atoms with van der Waals surface area (Å²) in [6.45, 7) is 3.58. The molecule has 29 heavy (non-hydrogen) atoms. The highest BCUT2D eigenvalue weighted by atomic mass is 35.5. The van der Waals surface area contributed by atoms with E-state index in [1.807, 2.05) is 17.5 Å². The van der Waals surface area contributed by atoms with Gasteiger partial charge in [-0.05, 0) is 17.7 Å². The van der Waals surface area contributed by atoms with Crippen molar-refractivity contribution in [3.05, 3.63) is 68.5 Å². The van der Waals surface area contributed by atoms with Crippen LogP contribution in [0.5, 0.6) is 0 Å². The third-order valence-corrected chi connectivity index (χ3v) is 6.13. The number of methoxy groups -OCH3 is 1. The number of hydrogen-bond donors (Lipinski definition) is 0. The van der Waals surface area contributed by atoms with Crippen LogP contribution < -0.4 is 5.56 Å².